The minimum Gasteiger partial charge on any atom is -0.383 e. The zero-order valence-corrected chi connectivity index (χ0v) is 10.5. The average molecular weight is 236 g/mol. The molecule has 1 aromatic carbocycles. The Bertz CT molecular complexity index is 422. The van der Waals surface area contributed by atoms with Crippen LogP contribution in [0, 0.1) is 0 Å². The zero-order chi connectivity index (χ0) is 11.4. The summed E-state index contributed by atoms with van der Waals surface area (Å²) in [5, 5.41) is 1.08. The van der Waals surface area contributed by atoms with Gasteiger partial charge in [0, 0.05) is 20.2 Å². The second-order valence-corrected chi connectivity index (χ2v) is 4.55. The minimum atomic E-state index is 0.740. The van der Waals surface area contributed by atoms with E-state index >= 15 is 0 Å². The van der Waals surface area contributed by atoms with Gasteiger partial charge in [-0.05, 0) is 19.1 Å². The highest BCUT2D eigenvalue weighted by Gasteiger charge is 2.09. The van der Waals surface area contributed by atoms with Crippen LogP contribution in [0.5, 0.6) is 0 Å². The van der Waals surface area contributed by atoms with Crippen molar-refractivity contribution >= 4 is 26.7 Å². The lowest BCUT2D eigenvalue weighted by Gasteiger charge is -2.18. The number of likely N-dealkylation sites (N-methyl/N-ethyl adjacent to an activating group) is 1. The van der Waals surface area contributed by atoms with Gasteiger partial charge in [-0.2, -0.15) is 0 Å². The largest absolute Gasteiger partial charge is 0.383 e. The molecule has 1 heterocycles. The first kappa shape index (κ1) is 11.4. The number of rotatable bonds is 5. The van der Waals surface area contributed by atoms with E-state index in [0.29, 0.717) is 0 Å². The fraction of sp³-hybridized carbons (Fsp3) is 0.417. The molecule has 0 aliphatic rings. The smallest absolute Gasteiger partial charge is 0.186 e. The van der Waals surface area contributed by atoms with Gasteiger partial charge in [0.2, 0.25) is 0 Å². The van der Waals surface area contributed by atoms with Crippen molar-refractivity contribution in [1.29, 1.82) is 0 Å². The quantitative estimate of drug-likeness (QED) is 0.798. The van der Waals surface area contributed by atoms with Crippen LogP contribution in [-0.2, 0) is 4.74 Å². The number of para-hydroxylation sites is 1. The highest BCUT2D eigenvalue weighted by molar-refractivity contribution is 7.22. The average Bonchev–Trinajstić information content (AvgIpc) is 2.73. The Morgan fingerprint density at radius 1 is 1.38 bits per heavy atom. The van der Waals surface area contributed by atoms with Crippen LogP contribution in [0.3, 0.4) is 0 Å². The molecule has 0 N–H and O–H groups in total. The summed E-state index contributed by atoms with van der Waals surface area (Å²) in [6.45, 7) is 4.74. The maximum Gasteiger partial charge on any atom is 0.186 e. The van der Waals surface area contributed by atoms with Crippen LogP contribution < -0.4 is 4.90 Å². The number of thiazole rings is 1. The molecule has 2 aromatic rings. The number of aromatic nitrogens is 1. The molecule has 0 atom stereocenters. The van der Waals surface area contributed by atoms with Gasteiger partial charge in [0.15, 0.2) is 5.13 Å². The van der Waals surface area contributed by atoms with Gasteiger partial charge in [-0.1, -0.05) is 23.5 Å². The summed E-state index contributed by atoms with van der Waals surface area (Å²) >= 11 is 1.74. The van der Waals surface area contributed by atoms with Crippen LogP contribution in [0.1, 0.15) is 6.92 Å². The third-order valence-electron chi connectivity index (χ3n) is 2.50. The van der Waals surface area contributed by atoms with Crippen LogP contribution >= 0.6 is 11.3 Å². The van der Waals surface area contributed by atoms with Gasteiger partial charge in [-0.15, -0.1) is 0 Å². The van der Waals surface area contributed by atoms with E-state index in [9.17, 15) is 0 Å². The van der Waals surface area contributed by atoms with E-state index < -0.39 is 0 Å². The molecule has 1 aromatic heterocycles. The molecule has 0 amide bonds. The van der Waals surface area contributed by atoms with Crippen molar-refractivity contribution < 1.29 is 4.74 Å². The normalized spacial score (nSPS) is 10.9. The van der Waals surface area contributed by atoms with Crippen molar-refractivity contribution in [2.75, 3.05) is 31.7 Å². The number of anilines is 1. The summed E-state index contributed by atoms with van der Waals surface area (Å²) in [5.41, 5.74) is 1.08. The molecule has 0 saturated carbocycles. The molecule has 3 nitrogen and oxygen atoms in total. The molecular weight excluding hydrogens is 220 g/mol. The Morgan fingerprint density at radius 3 is 2.88 bits per heavy atom. The second-order valence-electron chi connectivity index (χ2n) is 3.54. The van der Waals surface area contributed by atoms with Crippen molar-refractivity contribution in [3.8, 4) is 0 Å². The molecular formula is C12H16N2OS. The molecule has 0 aliphatic carbocycles. The Balaban J connectivity index is 2.23. The number of fused-ring (bicyclic) bond motifs is 1. The molecule has 4 heteroatoms. The fourth-order valence-electron chi connectivity index (χ4n) is 1.59. The Labute approximate surface area is 99.7 Å². The summed E-state index contributed by atoms with van der Waals surface area (Å²) in [6.07, 6.45) is 0. The Kier molecular flexibility index (Phi) is 3.74. The fourth-order valence-corrected chi connectivity index (χ4v) is 2.64. The number of benzene rings is 1. The SMILES string of the molecule is CCN(CCOC)c1nc2ccccc2s1. The van der Waals surface area contributed by atoms with E-state index in [1.54, 1.807) is 18.4 Å². The maximum atomic E-state index is 5.10. The molecule has 0 spiro atoms. The van der Waals surface area contributed by atoms with E-state index in [1.807, 2.05) is 6.07 Å². The first-order valence-electron chi connectivity index (χ1n) is 5.44. The van der Waals surface area contributed by atoms with Crippen LogP contribution in [0.15, 0.2) is 24.3 Å². The molecule has 0 bridgehead atoms. The highest BCUT2D eigenvalue weighted by Crippen LogP contribution is 2.28. The van der Waals surface area contributed by atoms with Crippen LogP contribution in [-0.4, -0.2) is 31.8 Å². The third-order valence-corrected chi connectivity index (χ3v) is 3.60. The van der Waals surface area contributed by atoms with Gasteiger partial charge in [-0.3, -0.25) is 0 Å². The van der Waals surface area contributed by atoms with Gasteiger partial charge in [-0.25, -0.2) is 4.98 Å². The van der Waals surface area contributed by atoms with Gasteiger partial charge in [0.05, 0.1) is 16.8 Å². The van der Waals surface area contributed by atoms with Crippen molar-refractivity contribution in [3.05, 3.63) is 24.3 Å². The summed E-state index contributed by atoms with van der Waals surface area (Å²) in [7, 11) is 1.73. The predicted molar refractivity (Wildman–Crippen MR) is 69.4 cm³/mol. The monoisotopic (exact) mass is 236 g/mol. The van der Waals surface area contributed by atoms with Gasteiger partial charge >= 0.3 is 0 Å². The standard InChI is InChI=1S/C12H16N2OS/c1-3-14(8-9-15-2)12-13-10-6-4-5-7-11(10)16-12/h4-7H,3,8-9H2,1-2H3. The molecule has 0 saturated heterocycles. The summed E-state index contributed by atoms with van der Waals surface area (Å²) in [6, 6.07) is 8.24. The lowest BCUT2D eigenvalue weighted by Crippen LogP contribution is -2.26. The van der Waals surface area contributed by atoms with E-state index in [1.165, 1.54) is 4.70 Å². The summed E-state index contributed by atoms with van der Waals surface area (Å²) in [4.78, 5) is 6.87. The van der Waals surface area contributed by atoms with E-state index in [0.717, 1.165) is 30.3 Å². The molecule has 0 fully saturated rings. The highest BCUT2D eigenvalue weighted by atomic mass is 32.1. The molecule has 0 aliphatic heterocycles. The van der Waals surface area contributed by atoms with E-state index in [-0.39, 0.29) is 0 Å². The van der Waals surface area contributed by atoms with Crippen molar-refractivity contribution in [3.63, 3.8) is 0 Å². The number of ether oxygens (including phenoxy) is 1. The third kappa shape index (κ3) is 2.33. The first-order valence-corrected chi connectivity index (χ1v) is 6.26. The van der Waals surface area contributed by atoms with Gasteiger partial charge < -0.3 is 9.64 Å². The minimum absolute atomic E-state index is 0.740. The molecule has 86 valence electrons. The van der Waals surface area contributed by atoms with Gasteiger partial charge in [0.1, 0.15) is 0 Å². The first-order chi connectivity index (χ1) is 7.85. The van der Waals surface area contributed by atoms with Gasteiger partial charge in [0.25, 0.3) is 0 Å². The van der Waals surface area contributed by atoms with E-state index in [4.69, 9.17) is 4.74 Å². The van der Waals surface area contributed by atoms with Crippen molar-refractivity contribution in [2.45, 2.75) is 6.92 Å². The van der Waals surface area contributed by atoms with Crippen molar-refractivity contribution in [2.24, 2.45) is 0 Å². The summed E-state index contributed by atoms with van der Waals surface area (Å²) < 4.78 is 6.35. The predicted octanol–water partition coefficient (Wildman–Crippen LogP) is 2.77. The molecule has 0 unspecified atom stereocenters. The van der Waals surface area contributed by atoms with E-state index in [2.05, 4.69) is 35.0 Å². The number of nitrogens with zero attached hydrogens (tertiary/aromatic N) is 2. The summed E-state index contributed by atoms with van der Waals surface area (Å²) in [5.74, 6) is 0. The second kappa shape index (κ2) is 5.27. The number of hydrogen-bond acceptors (Lipinski definition) is 4. The van der Waals surface area contributed by atoms with Crippen LogP contribution in [0.2, 0.25) is 0 Å². The molecule has 0 radical (unpaired) electrons. The number of hydrogen-bond donors (Lipinski definition) is 0. The zero-order valence-electron chi connectivity index (χ0n) is 9.64. The topological polar surface area (TPSA) is 25.4 Å². The lowest BCUT2D eigenvalue weighted by atomic mass is 10.3. The van der Waals surface area contributed by atoms with Crippen LogP contribution in [0.25, 0.3) is 10.2 Å². The molecule has 16 heavy (non-hydrogen) atoms. The molecule has 2 rings (SSSR count). The number of methoxy groups -OCH3 is 1. The Morgan fingerprint density at radius 2 is 2.19 bits per heavy atom. The van der Waals surface area contributed by atoms with Crippen LogP contribution in [0.4, 0.5) is 5.13 Å². The van der Waals surface area contributed by atoms with Crippen molar-refractivity contribution in [1.82, 2.24) is 4.98 Å². The maximum absolute atomic E-state index is 5.10. The lowest BCUT2D eigenvalue weighted by molar-refractivity contribution is 0.205. The Hall–Kier alpha value is -1.13.